The smallest absolute Gasteiger partial charge is 0.379 e. The standard InChI is InChI=1S/C12H11FO5/c1-2-16-12(15)10(14)9-7(13)3-4-8-11(9)18-6-5-17-8/h3-4H,2,5-6H2,1H3. The van der Waals surface area contributed by atoms with E-state index in [0.717, 1.165) is 6.07 Å². The van der Waals surface area contributed by atoms with Gasteiger partial charge < -0.3 is 14.2 Å². The Balaban J connectivity index is 2.43. The largest absolute Gasteiger partial charge is 0.486 e. The van der Waals surface area contributed by atoms with Gasteiger partial charge in [0.2, 0.25) is 0 Å². The van der Waals surface area contributed by atoms with Gasteiger partial charge in [-0.05, 0) is 19.1 Å². The summed E-state index contributed by atoms with van der Waals surface area (Å²) in [6.07, 6.45) is 0. The summed E-state index contributed by atoms with van der Waals surface area (Å²) in [7, 11) is 0. The molecule has 18 heavy (non-hydrogen) atoms. The first kappa shape index (κ1) is 12.3. The van der Waals surface area contributed by atoms with Crippen LogP contribution in [0.25, 0.3) is 0 Å². The van der Waals surface area contributed by atoms with E-state index in [1.807, 2.05) is 0 Å². The minimum absolute atomic E-state index is 0.0403. The first-order valence-corrected chi connectivity index (χ1v) is 5.44. The van der Waals surface area contributed by atoms with Gasteiger partial charge in [-0.2, -0.15) is 0 Å². The van der Waals surface area contributed by atoms with Crippen LogP contribution in [0.2, 0.25) is 0 Å². The molecule has 2 rings (SSSR count). The van der Waals surface area contributed by atoms with Crippen molar-refractivity contribution in [2.45, 2.75) is 6.92 Å². The zero-order valence-corrected chi connectivity index (χ0v) is 9.70. The molecule has 0 saturated heterocycles. The summed E-state index contributed by atoms with van der Waals surface area (Å²) in [4.78, 5) is 23.1. The lowest BCUT2D eigenvalue weighted by atomic mass is 10.1. The number of rotatable bonds is 3. The maximum absolute atomic E-state index is 13.7. The van der Waals surface area contributed by atoms with Crippen molar-refractivity contribution >= 4 is 11.8 Å². The molecular weight excluding hydrogens is 243 g/mol. The Bertz CT molecular complexity index is 497. The predicted molar refractivity (Wildman–Crippen MR) is 58.4 cm³/mol. The van der Waals surface area contributed by atoms with Gasteiger partial charge in [0.1, 0.15) is 24.6 Å². The Labute approximate surface area is 102 Å². The number of ether oxygens (including phenoxy) is 3. The van der Waals surface area contributed by atoms with Crippen molar-refractivity contribution in [3.63, 3.8) is 0 Å². The monoisotopic (exact) mass is 254 g/mol. The average molecular weight is 254 g/mol. The zero-order chi connectivity index (χ0) is 13.1. The van der Waals surface area contributed by atoms with Crippen LogP contribution in [0.5, 0.6) is 11.5 Å². The van der Waals surface area contributed by atoms with Crippen molar-refractivity contribution in [3.8, 4) is 11.5 Å². The molecular formula is C12H11FO5. The molecule has 0 unspecified atom stereocenters. The normalized spacial score (nSPS) is 13.0. The maximum atomic E-state index is 13.7. The molecule has 0 amide bonds. The molecule has 0 atom stereocenters. The van der Waals surface area contributed by atoms with Crippen LogP contribution in [-0.2, 0) is 9.53 Å². The summed E-state index contributed by atoms with van der Waals surface area (Å²) in [5, 5.41) is 0. The van der Waals surface area contributed by atoms with E-state index < -0.39 is 23.1 Å². The molecule has 6 heteroatoms. The van der Waals surface area contributed by atoms with E-state index >= 15 is 0 Å². The second-order valence-electron chi connectivity index (χ2n) is 3.50. The van der Waals surface area contributed by atoms with Crippen molar-refractivity contribution in [1.29, 1.82) is 0 Å². The van der Waals surface area contributed by atoms with E-state index in [1.165, 1.54) is 6.07 Å². The Hall–Kier alpha value is -2.11. The van der Waals surface area contributed by atoms with Crippen LogP contribution in [-0.4, -0.2) is 31.6 Å². The summed E-state index contributed by atoms with van der Waals surface area (Å²) < 4.78 is 28.6. The molecule has 1 aromatic carbocycles. The molecule has 0 N–H and O–H groups in total. The SMILES string of the molecule is CCOC(=O)C(=O)c1c(F)ccc2c1OCCO2. The van der Waals surface area contributed by atoms with E-state index in [0.29, 0.717) is 6.61 Å². The van der Waals surface area contributed by atoms with Crippen molar-refractivity contribution < 1.29 is 28.2 Å². The highest BCUT2D eigenvalue weighted by Gasteiger charge is 2.29. The molecule has 1 aliphatic heterocycles. The lowest BCUT2D eigenvalue weighted by molar-refractivity contribution is -0.137. The molecule has 0 bridgehead atoms. The average Bonchev–Trinajstić information content (AvgIpc) is 2.38. The van der Waals surface area contributed by atoms with Crippen LogP contribution in [0.4, 0.5) is 4.39 Å². The lowest BCUT2D eigenvalue weighted by Gasteiger charge is -2.20. The lowest BCUT2D eigenvalue weighted by Crippen LogP contribution is -2.23. The molecule has 1 aromatic rings. The van der Waals surface area contributed by atoms with Crippen LogP contribution in [0.1, 0.15) is 17.3 Å². The van der Waals surface area contributed by atoms with Crippen molar-refractivity contribution in [1.82, 2.24) is 0 Å². The zero-order valence-electron chi connectivity index (χ0n) is 9.70. The first-order valence-electron chi connectivity index (χ1n) is 5.44. The Morgan fingerprint density at radius 1 is 1.33 bits per heavy atom. The maximum Gasteiger partial charge on any atom is 0.379 e. The summed E-state index contributed by atoms with van der Waals surface area (Å²) in [5.74, 6) is -2.82. The fourth-order valence-corrected chi connectivity index (χ4v) is 1.60. The molecule has 0 saturated carbocycles. The van der Waals surface area contributed by atoms with Crippen LogP contribution in [0.15, 0.2) is 12.1 Å². The van der Waals surface area contributed by atoms with Gasteiger partial charge in [-0.3, -0.25) is 4.79 Å². The molecule has 1 heterocycles. The van der Waals surface area contributed by atoms with E-state index in [-0.39, 0.29) is 24.7 Å². The van der Waals surface area contributed by atoms with E-state index in [9.17, 15) is 14.0 Å². The Kier molecular flexibility index (Phi) is 3.45. The molecule has 96 valence electrons. The summed E-state index contributed by atoms with van der Waals surface area (Å²) in [6, 6.07) is 2.41. The molecule has 0 fully saturated rings. The minimum Gasteiger partial charge on any atom is -0.486 e. The number of benzene rings is 1. The molecule has 0 aromatic heterocycles. The molecule has 0 aliphatic carbocycles. The number of Topliss-reactive ketones (excluding diaryl/α,β-unsaturated/α-hetero) is 1. The van der Waals surface area contributed by atoms with Crippen LogP contribution >= 0.6 is 0 Å². The van der Waals surface area contributed by atoms with Crippen molar-refractivity contribution in [3.05, 3.63) is 23.5 Å². The Morgan fingerprint density at radius 2 is 2.06 bits per heavy atom. The number of carbonyl (C=O) groups excluding carboxylic acids is 2. The molecule has 0 spiro atoms. The minimum atomic E-state index is -1.11. The van der Waals surface area contributed by atoms with Gasteiger partial charge in [-0.15, -0.1) is 0 Å². The van der Waals surface area contributed by atoms with E-state index in [4.69, 9.17) is 9.47 Å². The molecule has 0 radical (unpaired) electrons. The quantitative estimate of drug-likeness (QED) is 0.463. The van der Waals surface area contributed by atoms with Crippen molar-refractivity contribution in [2.24, 2.45) is 0 Å². The fourth-order valence-electron chi connectivity index (χ4n) is 1.60. The third kappa shape index (κ3) is 2.13. The van der Waals surface area contributed by atoms with E-state index in [1.54, 1.807) is 6.92 Å². The third-order valence-corrected chi connectivity index (χ3v) is 2.35. The van der Waals surface area contributed by atoms with Gasteiger partial charge in [0, 0.05) is 0 Å². The van der Waals surface area contributed by atoms with E-state index in [2.05, 4.69) is 4.74 Å². The highest BCUT2D eigenvalue weighted by molar-refractivity contribution is 6.41. The molecule has 5 nitrogen and oxygen atoms in total. The third-order valence-electron chi connectivity index (χ3n) is 2.35. The van der Waals surface area contributed by atoms with Gasteiger partial charge in [-0.1, -0.05) is 0 Å². The highest BCUT2D eigenvalue weighted by atomic mass is 19.1. The number of esters is 1. The van der Waals surface area contributed by atoms with Gasteiger partial charge in [0.15, 0.2) is 11.5 Å². The molecule has 1 aliphatic rings. The topological polar surface area (TPSA) is 61.8 Å². The highest BCUT2D eigenvalue weighted by Crippen LogP contribution is 2.35. The van der Waals surface area contributed by atoms with Gasteiger partial charge >= 0.3 is 5.97 Å². The van der Waals surface area contributed by atoms with Crippen molar-refractivity contribution in [2.75, 3.05) is 19.8 Å². The van der Waals surface area contributed by atoms with Gasteiger partial charge in [-0.25, -0.2) is 9.18 Å². The number of halogens is 1. The number of carbonyl (C=O) groups is 2. The number of hydrogen-bond donors (Lipinski definition) is 0. The second kappa shape index (κ2) is 5.03. The van der Waals surface area contributed by atoms with Crippen LogP contribution in [0.3, 0.4) is 0 Å². The number of hydrogen-bond acceptors (Lipinski definition) is 5. The van der Waals surface area contributed by atoms with Gasteiger partial charge in [0.25, 0.3) is 5.78 Å². The number of fused-ring (bicyclic) bond motifs is 1. The first-order chi connectivity index (χ1) is 8.65. The fraction of sp³-hybridized carbons (Fsp3) is 0.333. The van der Waals surface area contributed by atoms with Gasteiger partial charge in [0.05, 0.1) is 6.61 Å². The summed E-state index contributed by atoms with van der Waals surface area (Å²) >= 11 is 0. The second-order valence-corrected chi connectivity index (χ2v) is 3.50. The number of ketones is 1. The van der Waals surface area contributed by atoms with Crippen LogP contribution in [0, 0.1) is 5.82 Å². The Morgan fingerprint density at radius 3 is 2.78 bits per heavy atom. The van der Waals surface area contributed by atoms with Crippen LogP contribution < -0.4 is 9.47 Å². The predicted octanol–water partition coefficient (Wildman–Crippen LogP) is 1.34. The summed E-state index contributed by atoms with van der Waals surface area (Å²) in [5.41, 5.74) is -0.439. The summed E-state index contributed by atoms with van der Waals surface area (Å²) in [6.45, 7) is 2.10.